The van der Waals surface area contributed by atoms with E-state index in [-0.39, 0.29) is 39.2 Å². The molecule has 1 aromatic heterocycles. The van der Waals surface area contributed by atoms with E-state index in [1.807, 2.05) is 0 Å². The van der Waals surface area contributed by atoms with E-state index in [4.69, 9.17) is 32.7 Å². The second-order valence-corrected chi connectivity index (χ2v) is 12.7. The number of ether oxygens (including phenoxy) is 3. The highest BCUT2D eigenvalue weighted by Gasteiger charge is 2.26. The highest BCUT2D eigenvalue weighted by Crippen LogP contribution is 2.38. The Morgan fingerprint density at radius 1 is 1.12 bits per heavy atom. The molecule has 220 valence electrons. The number of esters is 1. The lowest BCUT2D eigenvalue weighted by atomic mass is 10.0. The van der Waals surface area contributed by atoms with Gasteiger partial charge in [-0.1, -0.05) is 29.3 Å². The van der Waals surface area contributed by atoms with E-state index >= 15 is 0 Å². The summed E-state index contributed by atoms with van der Waals surface area (Å²) >= 11 is 14.0. The van der Waals surface area contributed by atoms with Crippen LogP contribution in [0, 0.1) is 5.92 Å². The van der Waals surface area contributed by atoms with Gasteiger partial charge < -0.3 is 14.2 Å². The fourth-order valence-electron chi connectivity index (χ4n) is 3.88. The molecule has 1 heterocycles. The normalized spacial score (nSPS) is 14.0. The lowest BCUT2D eigenvalue weighted by molar-refractivity contribution is -0.0515. The van der Waals surface area contributed by atoms with Crippen LogP contribution >= 0.6 is 35.0 Å². The molecule has 0 radical (unpaired) electrons. The maximum absolute atomic E-state index is 13.4. The van der Waals surface area contributed by atoms with Crippen molar-refractivity contribution in [1.82, 2.24) is 4.98 Å². The molecule has 0 amide bonds. The van der Waals surface area contributed by atoms with Gasteiger partial charge in [-0.15, -0.1) is 11.8 Å². The summed E-state index contributed by atoms with van der Waals surface area (Å²) in [5.74, 6) is -0.515. The summed E-state index contributed by atoms with van der Waals surface area (Å²) in [6.07, 6.45) is 6.54. The molecule has 0 spiro atoms. The van der Waals surface area contributed by atoms with Gasteiger partial charge in [0.25, 0.3) is 0 Å². The van der Waals surface area contributed by atoms with Gasteiger partial charge in [-0.05, 0) is 66.5 Å². The van der Waals surface area contributed by atoms with Crippen LogP contribution in [0.2, 0.25) is 10.0 Å². The summed E-state index contributed by atoms with van der Waals surface area (Å²) < 4.78 is 68.6. The van der Waals surface area contributed by atoms with Gasteiger partial charge in [0, 0.05) is 23.7 Å². The molecular weight excluding hydrogens is 621 g/mol. The number of hydrogen-bond donors (Lipinski definition) is 1. The van der Waals surface area contributed by atoms with Crippen molar-refractivity contribution < 1.29 is 36.2 Å². The van der Waals surface area contributed by atoms with E-state index in [0.717, 1.165) is 19.1 Å². The Bertz CT molecular complexity index is 1500. The average Bonchev–Trinajstić information content (AvgIpc) is 3.73. The minimum Gasteiger partial charge on any atom is -0.489 e. The summed E-state index contributed by atoms with van der Waals surface area (Å²) in [7, 11) is -3.62. The van der Waals surface area contributed by atoms with Crippen molar-refractivity contribution in [3.8, 4) is 11.5 Å². The second-order valence-electron chi connectivity index (χ2n) is 9.31. The predicted molar refractivity (Wildman–Crippen MR) is 154 cm³/mol. The molecule has 0 saturated heterocycles. The first-order chi connectivity index (χ1) is 19.4. The third-order valence-corrected chi connectivity index (χ3v) is 8.09. The number of nitrogens with zero attached hydrogens (tertiary/aromatic N) is 1. The van der Waals surface area contributed by atoms with E-state index < -0.39 is 28.7 Å². The maximum atomic E-state index is 13.4. The zero-order valence-corrected chi connectivity index (χ0v) is 25.0. The molecule has 1 N–H and O–H groups in total. The molecule has 41 heavy (non-hydrogen) atoms. The molecule has 14 heteroatoms. The second kappa shape index (κ2) is 13.5. The molecule has 2 aromatic carbocycles. The molecular formula is C27H26Cl2F2N2O6S2. The Hall–Kier alpha value is -2.80. The number of anilines is 1. The Morgan fingerprint density at radius 3 is 2.44 bits per heavy atom. The zero-order chi connectivity index (χ0) is 29.7. The SMILES string of the molecule is CSc1ccc(C(=O)OC(Cc2c(Cl)cncc2Cl)c2ccc(OC(F)F)c(OCC3CC3)c2)cc1NS(C)(=O)=O. The molecule has 1 aliphatic rings. The van der Waals surface area contributed by atoms with Gasteiger partial charge in [0.1, 0.15) is 6.10 Å². The van der Waals surface area contributed by atoms with Gasteiger partial charge in [-0.25, -0.2) is 13.2 Å². The van der Waals surface area contributed by atoms with Crippen LogP contribution in [0.3, 0.4) is 0 Å². The number of benzene rings is 2. The van der Waals surface area contributed by atoms with Crippen LogP contribution in [0.25, 0.3) is 0 Å². The highest BCUT2D eigenvalue weighted by molar-refractivity contribution is 7.99. The lowest BCUT2D eigenvalue weighted by Crippen LogP contribution is -2.16. The number of thioether (sulfide) groups is 1. The van der Waals surface area contributed by atoms with Crippen molar-refractivity contribution in [2.24, 2.45) is 5.92 Å². The molecule has 1 fully saturated rings. The van der Waals surface area contributed by atoms with Crippen molar-refractivity contribution in [1.29, 1.82) is 0 Å². The van der Waals surface area contributed by atoms with Crippen LogP contribution in [0.4, 0.5) is 14.5 Å². The van der Waals surface area contributed by atoms with E-state index in [1.54, 1.807) is 12.3 Å². The van der Waals surface area contributed by atoms with Crippen LogP contribution in [0.15, 0.2) is 53.7 Å². The lowest BCUT2D eigenvalue weighted by Gasteiger charge is -2.22. The third kappa shape index (κ3) is 8.84. The van der Waals surface area contributed by atoms with E-state index in [0.29, 0.717) is 28.5 Å². The molecule has 8 nitrogen and oxygen atoms in total. The minimum absolute atomic E-state index is 0.0143. The number of halogens is 4. The zero-order valence-electron chi connectivity index (χ0n) is 21.9. The van der Waals surface area contributed by atoms with Crippen molar-refractivity contribution in [3.05, 3.63) is 75.5 Å². The summed E-state index contributed by atoms with van der Waals surface area (Å²) in [6.45, 7) is -2.74. The van der Waals surface area contributed by atoms with Crippen LogP contribution < -0.4 is 14.2 Å². The fraction of sp³-hybridized carbons (Fsp3) is 0.333. The number of rotatable bonds is 13. The van der Waals surface area contributed by atoms with Crippen molar-refractivity contribution in [3.63, 3.8) is 0 Å². The highest BCUT2D eigenvalue weighted by atomic mass is 35.5. The molecule has 1 atom stereocenters. The van der Waals surface area contributed by atoms with Gasteiger partial charge in [0.2, 0.25) is 10.0 Å². The van der Waals surface area contributed by atoms with E-state index in [9.17, 15) is 22.0 Å². The summed E-state index contributed by atoms with van der Waals surface area (Å²) in [4.78, 5) is 17.9. The Morgan fingerprint density at radius 2 is 1.83 bits per heavy atom. The number of carbonyl (C=O) groups is 1. The minimum atomic E-state index is -3.62. The van der Waals surface area contributed by atoms with Gasteiger partial charge in [0.15, 0.2) is 11.5 Å². The van der Waals surface area contributed by atoms with Gasteiger partial charge in [-0.3, -0.25) is 9.71 Å². The summed E-state index contributed by atoms with van der Waals surface area (Å²) in [5.41, 5.74) is 1.15. The predicted octanol–water partition coefficient (Wildman–Crippen LogP) is 7.01. The van der Waals surface area contributed by atoms with Crippen LogP contribution in [-0.4, -0.2) is 45.1 Å². The molecule has 0 bridgehead atoms. The molecule has 4 rings (SSSR count). The third-order valence-electron chi connectivity index (χ3n) is 6.05. The standard InChI is InChI=1S/C27H26Cl2F2N2O6S2/c1-40-25-8-6-17(9-21(25)33-41(2,35)36)26(34)38-23(11-18-19(28)12-32-13-20(18)29)16-5-7-22(39-27(30)31)24(10-16)37-14-15-3-4-15/h5-10,12-13,15,23,27,33H,3-4,11,14H2,1-2H3. The Balaban J connectivity index is 1.70. The van der Waals surface area contributed by atoms with Crippen LogP contribution in [0.1, 0.15) is 40.4 Å². The molecule has 3 aromatic rings. The fourth-order valence-corrected chi connectivity index (χ4v) is 5.57. The van der Waals surface area contributed by atoms with E-state index in [1.165, 1.54) is 54.5 Å². The number of hydrogen-bond acceptors (Lipinski definition) is 8. The topological polar surface area (TPSA) is 104 Å². The first-order valence-corrected chi connectivity index (χ1v) is 16.2. The monoisotopic (exact) mass is 646 g/mol. The Labute approximate surface area is 250 Å². The number of alkyl halides is 2. The Kier molecular flexibility index (Phi) is 10.2. The first-order valence-electron chi connectivity index (χ1n) is 12.3. The first kappa shape index (κ1) is 31.1. The molecule has 1 unspecified atom stereocenters. The van der Waals surface area contributed by atoms with Gasteiger partial charge in [0.05, 0.1) is 34.2 Å². The van der Waals surface area contributed by atoms with Crippen molar-refractivity contribution >= 4 is 56.6 Å². The van der Waals surface area contributed by atoms with Crippen LogP contribution in [0.5, 0.6) is 11.5 Å². The van der Waals surface area contributed by atoms with Gasteiger partial charge in [-0.2, -0.15) is 8.78 Å². The smallest absolute Gasteiger partial charge is 0.387 e. The number of carbonyl (C=O) groups excluding carboxylic acids is 1. The molecule has 1 saturated carbocycles. The largest absolute Gasteiger partial charge is 0.489 e. The van der Waals surface area contributed by atoms with Gasteiger partial charge >= 0.3 is 12.6 Å². The molecule has 1 aliphatic carbocycles. The van der Waals surface area contributed by atoms with Crippen LogP contribution in [-0.2, 0) is 21.2 Å². The number of pyridine rings is 1. The number of nitrogens with one attached hydrogen (secondary N) is 1. The van der Waals surface area contributed by atoms with Crippen molar-refractivity contribution in [2.75, 3.05) is 23.8 Å². The van der Waals surface area contributed by atoms with E-state index in [2.05, 4.69) is 14.4 Å². The van der Waals surface area contributed by atoms with Crippen molar-refractivity contribution in [2.45, 2.75) is 36.9 Å². The average molecular weight is 648 g/mol. The summed E-state index contributed by atoms with van der Waals surface area (Å²) in [5, 5.41) is 0.482. The maximum Gasteiger partial charge on any atom is 0.387 e. The number of sulfonamides is 1. The number of aromatic nitrogens is 1. The quantitative estimate of drug-likeness (QED) is 0.156. The molecule has 0 aliphatic heterocycles. The summed E-state index contributed by atoms with van der Waals surface area (Å²) in [6, 6.07) is 8.77.